The number of nitrogens with one attached hydrogen (secondary N) is 1. The van der Waals surface area contributed by atoms with Gasteiger partial charge in [0.25, 0.3) is 10.0 Å². The summed E-state index contributed by atoms with van der Waals surface area (Å²) in [7, 11) is -2.82. The van der Waals surface area contributed by atoms with Crippen molar-refractivity contribution in [1.82, 2.24) is 10.2 Å². The van der Waals surface area contributed by atoms with Crippen LogP contribution < -0.4 is 14.4 Å². The van der Waals surface area contributed by atoms with Gasteiger partial charge in [-0.1, -0.05) is 42.5 Å². The first-order chi connectivity index (χ1) is 18.3. The van der Waals surface area contributed by atoms with E-state index in [-0.39, 0.29) is 17.1 Å². The molecule has 8 nitrogen and oxygen atoms in total. The molecule has 0 unspecified atom stereocenters. The van der Waals surface area contributed by atoms with Crippen LogP contribution in [0.1, 0.15) is 33.3 Å². The third-order valence-electron chi connectivity index (χ3n) is 5.88. The predicted molar refractivity (Wildman–Crippen MR) is 148 cm³/mol. The van der Waals surface area contributed by atoms with Crippen LogP contribution in [-0.4, -0.2) is 50.4 Å². The zero-order chi connectivity index (χ0) is 28.8. The summed E-state index contributed by atoms with van der Waals surface area (Å²) in [6.07, 6.45) is 0. The first kappa shape index (κ1) is 29.6. The van der Waals surface area contributed by atoms with E-state index >= 15 is 0 Å². The van der Waals surface area contributed by atoms with Crippen molar-refractivity contribution in [2.24, 2.45) is 0 Å². The lowest BCUT2D eigenvalue weighted by atomic mass is 10.1. The molecule has 0 heterocycles. The van der Waals surface area contributed by atoms with E-state index in [2.05, 4.69) is 5.32 Å². The monoisotopic (exact) mass is 555 g/mol. The number of hydrogen-bond acceptors (Lipinski definition) is 5. The smallest absolute Gasteiger partial charge is 0.264 e. The summed E-state index contributed by atoms with van der Waals surface area (Å²) < 4.78 is 48.3. The van der Waals surface area contributed by atoms with Crippen LogP contribution in [0, 0.1) is 5.82 Å². The first-order valence-electron chi connectivity index (χ1n) is 12.4. The van der Waals surface area contributed by atoms with Crippen LogP contribution in [-0.2, 0) is 26.2 Å². The summed E-state index contributed by atoms with van der Waals surface area (Å²) in [5.74, 6) is -1.34. The third-order valence-corrected chi connectivity index (χ3v) is 7.66. The summed E-state index contributed by atoms with van der Waals surface area (Å²) in [5.41, 5.74) is -0.171. The minimum absolute atomic E-state index is 0.00867. The molecule has 0 aromatic heterocycles. The summed E-state index contributed by atoms with van der Waals surface area (Å²) >= 11 is 0. The minimum Gasteiger partial charge on any atom is -0.497 e. The van der Waals surface area contributed by atoms with E-state index in [1.54, 1.807) is 49.4 Å². The van der Waals surface area contributed by atoms with Gasteiger partial charge in [0, 0.05) is 12.1 Å². The fourth-order valence-electron chi connectivity index (χ4n) is 3.91. The molecule has 1 N–H and O–H groups in total. The molecule has 0 spiro atoms. The number of ether oxygens (including phenoxy) is 1. The lowest BCUT2D eigenvalue weighted by Crippen LogP contribution is -2.54. The van der Waals surface area contributed by atoms with Crippen LogP contribution in [0.15, 0.2) is 83.8 Å². The zero-order valence-electron chi connectivity index (χ0n) is 22.7. The number of amides is 2. The van der Waals surface area contributed by atoms with Gasteiger partial charge in [-0.2, -0.15) is 0 Å². The molecular formula is C29H34FN3O5S. The van der Waals surface area contributed by atoms with Crippen molar-refractivity contribution in [2.75, 3.05) is 18.0 Å². The summed E-state index contributed by atoms with van der Waals surface area (Å²) in [4.78, 5) is 28.2. The molecule has 208 valence electrons. The van der Waals surface area contributed by atoms with Gasteiger partial charge in [-0.3, -0.25) is 13.9 Å². The standard InChI is InChI=1S/C29H34FN3O5S/c1-21(28(35)31-29(2,3)4)32(19-22-12-11-13-23(18-22)38-5)27(34)20-33(26-17-10-9-16-25(26)30)39(36,37)24-14-7-6-8-15-24/h6-18,21H,19-20H2,1-5H3,(H,31,35)/t21-/m1/s1. The number of rotatable bonds is 10. The van der Waals surface area contributed by atoms with Crippen molar-refractivity contribution in [3.63, 3.8) is 0 Å². The SMILES string of the molecule is COc1cccc(CN(C(=O)CN(c2ccccc2F)S(=O)(=O)c2ccccc2)[C@H](C)C(=O)NC(C)(C)C)c1. The quantitative estimate of drug-likeness (QED) is 0.401. The minimum atomic E-state index is -4.34. The van der Waals surface area contributed by atoms with E-state index < -0.39 is 45.8 Å². The Labute approximate surface area is 229 Å². The molecule has 10 heteroatoms. The second-order valence-electron chi connectivity index (χ2n) is 10.1. The number of sulfonamides is 1. The lowest BCUT2D eigenvalue weighted by Gasteiger charge is -2.33. The van der Waals surface area contributed by atoms with Gasteiger partial charge in [-0.25, -0.2) is 12.8 Å². The molecule has 0 bridgehead atoms. The number of hydrogen-bond donors (Lipinski definition) is 1. The van der Waals surface area contributed by atoms with E-state index in [1.807, 2.05) is 20.8 Å². The van der Waals surface area contributed by atoms with Crippen LogP contribution in [0.25, 0.3) is 0 Å². The molecule has 0 aliphatic rings. The molecule has 3 aromatic rings. The van der Waals surface area contributed by atoms with Gasteiger partial charge in [0.05, 0.1) is 17.7 Å². The molecule has 3 rings (SSSR count). The molecule has 2 amide bonds. The molecular weight excluding hydrogens is 521 g/mol. The Morgan fingerprint density at radius 1 is 0.974 bits per heavy atom. The topological polar surface area (TPSA) is 96.0 Å². The molecule has 0 fully saturated rings. The van der Waals surface area contributed by atoms with Gasteiger partial charge in [0.15, 0.2) is 0 Å². The number of carbonyl (C=O) groups is 2. The molecule has 0 saturated carbocycles. The highest BCUT2D eigenvalue weighted by atomic mass is 32.2. The lowest BCUT2D eigenvalue weighted by molar-refractivity contribution is -0.140. The summed E-state index contributed by atoms with van der Waals surface area (Å²) in [6, 6.07) is 18.9. The molecule has 0 radical (unpaired) electrons. The molecule has 0 aliphatic carbocycles. The number of benzene rings is 3. The fourth-order valence-corrected chi connectivity index (χ4v) is 5.35. The Hall–Kier alpha value is -3.92. The average Bonchev–Trinajstić information content (AvgIpc) is 2.90. The van der Waals surface area contributed by atoms with E-state index in [1.165, 1.54) is 42.3 Å². The molecule has 0 saturated heterocycles. The predicted octanol–water partition coefficient (Wildman–Crippen LogP) is 4.36. The summed E-state index contributed by atoms with van der Waals surface area (Å²) in [5, 5.41) is 2.86. The van der Waals surface area contributed by atoms with Gasteiger partial charge in [-0.15, -0.1) is 0 Å². The Kier molecular flexibility index (Phi) is 9.34. The van der Waals surface area contributed by atoms with E-state index in [0.717, 1.165) is 10.4 Å². The van der Waals surface area contributed by atoms with E-state index in [4.69, 9.17) is 4.74 Å². The van der Waals surface area contributed by atoms with Gasteiger partial charge in [0.2, 0.25) is 11.8 Å². The van der Waals surface area contributed by atoms with Crippen LogP contribution in [0.3, 0.4) is 0 Å². The maximum atomic E-state index is 14.9. The molecule has 0 aliphatic heterocycles. The van der Waals surface area contributed by atoms with Gasteiger partial charge < -0.3 is 15.0 Å². The van der Waals surface area contributed by atoms with Crippen LogP contribution in [0.5, 0.6) is 5.75 Å². The number of para-hydroxylation sites is 1. The fraction of sp³-hybridized carbons (Fsp3) is 0.310. The maximum absolute atomic E-state index is 14.9. The largest absolute Gasteiger partial charge is 0.497 e. The van der Waals surface area contributed by atoms with Crippen LogP contribution in [0.2, 0.25) is 0 Å². The van der Waals surface area contributed by atoms with Crippen molar-refractivity contribution in [3.8, 4) is 5.75 Å². The average molecular weight is 556 g/mol. The number of methoxy groups -OCH3 is 1. The summed E-state index contributed by atoms with van der Waals surface area (Å²) in [6.45, 7) is 6.29. The highest BCUT2D eigenvalue weighted by molar-refractivity contribution is 7.92. The molecule has 39 heavy (non-hydrogen) atoms. The number of carbonyl (C=O) groups excluding carboxylic acids is 2. The maximum Gasteiger partial charge on any atom is 0.264 e. The van der Waals surface area contributed by atoms with Gasteiger partial charge in [-0.05, 0) is 69.7 Å². The van der Waals surface area contributed by atoms with Gasteiger partial charge >= 0.3 is 0 Å². The number of halogens is 1. The first-order valence-corrected chi connectivity index (χ1v) is 13.8. The van der Waals surface area contributed by atoms with E-state index in [9.17, 15) is 22.4 Å². The van der Waals surface area contributed by atoms with Crippen molar-refractivity contribution in [2.45, 2.75) is 50.7 Å². The second-order valence-corrected chi connectivity index (χ2v) is 11.9. The second kappa shape index (κ2) is 12.3. The van der Waals surface area contributed by atoms with Crippen LogP contribution >= 0.6 is 0 Å². The van der Waals surface area contributed by atoms with Crippen molar-refractivity contribution >= 4 is 27.5 Å². The van der Waals surface area contributed by atoms with E-state index in [0.29, 0.717) is 11.3 Å². The van der Waals surface area contributed by atoms with Crippen molar-refractivity contribution in [1.29, 1.82) is 0 Å². The number of anilines is 1. The number of nitrogens with zero attached hydrogens (tertiary/aromatic N) is 2. The molecule has 1 atom stereocenters. The normalized spacial score (nSPS) is 12.4. The Bertz CT molecular complexity index is 1410. The van der Waals surface area contributed by atoms with Gasteiger partial charge in [0.1, 0.15) is 24.2 Å². The molecule has 3 aromatic carbocycles. The van der Waals surface area contributed by atoms with Crippen LogP contribution in [0.4, 0.5) is 10.1 Å². The highest BCUT2D eigenvalue weighted by Crippen LogP contribution is 2.27. The third kappa shape index (κ3) is 7.57. The zero-order valence-corrected chi connectivity index (χ0v) is 23.5. The van der Waals surface area contributed by atoms with Crippen molar-refractivity contribution in [3.05, 3.63) is 90.2 Å². The highest BCUT2D eigenvalue weighted by Gasteiger charge is 2.34. The van der Waals surface area contributed by atoms with Crippen molar-refractivity contribution < 1.29 is 27.1 Å². The Morgan fingerprint density at radius 2 is 1.62 bits per heavy atom. The Morgan fingerprint density at radius 3 is 2.23 bits per heavy atom. The Balaban J connectivity index is 2.05.